The standard InChI is InChI=1S/C20H28N6O3/c1-12(2)29-20(27)22-9-7-6-8-21-18-19-25-24-14(4)26(19)17-13(3)10-15(28-5)11-16(17)23-18/h10-12H,6-9H2,1-5H3,(H,21,23)(H,22,27). The third-order valence-corrected chi connectivity index (χ3v) is 4.49. The maximum Gasteiger partial charge on any atom is 0.407 e. The molecule has 0 spiro atoms. The summed E-state index contributed by atoms with van der Waals surface area (Å²) in [6.45, 7) is 8.86. The molecule has 1 amide bonds. The number of nitrogens with zero attached hydrogens (tertiary/aromatic N) is 4. The fourth-order valence-electron chi connectivity index (χ4n) is 3.20. The van der Waals surface area contributed by atoms with Crippen molar-refractivity contribution in [3.8, 4) is 5.75 Å². The van der Waals surface area contributed by atoms with Crippen molar-refractivity contribution in [3.63, 3.8) is 0 Å². The highest BCUT2D eigenvalue weighted by molar-refractivity contribution is 5.86. The first kappa shape index (κ1) is 20.6. The van der Waals surface area contributed by atoms with Crippen LogP contribution in [0.3, 0.4) is 0 Å². The fourth-order valence-corrected chi connectivity index (χ4v) is 3.20. The van der Waals surface area contributed by atoms with Crippen LogP contribution in [0.25, 0.3) is 16.7 Å². The van der Waals surface area contributed by atoms with Crippen molar-refractivity contribution >= 4 is 28.6 Å². The molecule has 3 rings (SSSR count). The molecule has 9 nitrogen and oxygen atoms in total. The predicted molar refractivity (Wildman–Crippen MR) is 112 cm³/mol. The molecule has 1 aromatic carbocycles. The smallest absolute Gasteiger partial charge is 0.407 e. The molecule has 0 aliphatic rings. The van der Waals surface area contributed by atoms with Crippen LogP contribution in [0.5, 0.6) is 5.75 Å². The Morgan fingerprint density at radius 1 is 1.17 bits per heavy atom. The monoisotopic (exact) mass is 400 g/mol. The van der Waals surface area contributed by atoms with E-state index in [0.29, 0.717) is 24.6 Å². The van der Waals surface area contributed by atoms with Gasteiger partial charge >= 0.3 is 6.09 Å². The van der Waals surface area contributed by atoms with Crippen molar-refractivity contribution in [1.29, 1.82) is 0 Å². The number of fused-ring (bicyclic) bond motifs is 3. The molecule has 0 unspecified atom stereocenters. The van der Waals surface area contributed by atoms with Gasteiger partial charge in [0.2, 0.25) is 5.65 Å². The zero-order valence-corrected chi connectivity index (χ0v) is 17.6. The number of hydrogen-bond acceptors (Lipinski definition) is 7. The van der Waals surface area contributed by atoms with Gasteiger partial charge in [-0.15, -0.1) is 10.2 Å². The van der Waals surface area contributed by atoms with E-state index >= 15 is 0 Å². The average molecular weight is 400 g/mol. The number of ether oxygens (including phenoxy) is 2. The Bertz CT molecular complexity index is 1010. The molecule has 2 N–H and O–H groups in total. The number of benzene rings is 1. The fraction of sp³-hybridized carbons (Fsp3) is 0.500. The summed E-state index contributed by atoms with van der Waals surface area (Å²) in [5.74, 6) is 2.24. The van der Waals surface area contributed by atoms with Gasteiger partial charge in [-0.1, -0.05) is 0 Å². The quantitative estimate of drug-likeness (QED) is 0.560. The summed E-state index contributed by atoms with van der Waals surface area (Å²) < 4.78 is 12.4. The highest BCUT2D eigenvalue weighted by Gasteiger charge is 2.15. The molecule has 0 aliphatic carbocycles. The number of amides is 1. The Labute approximate surface area is 169 Å². The molecule has 9 heteroatoms. The van der Waals surface area contributed by atoms with Gasteiger partial charge in [0.25, 0.3) is 0 Å². The lowest BCUT2D eigenvalue weighted by atomic mass is 10.1. The van der Waals surface area contributed by atoms with Gasteiger partial charge in [0.05, 0.1) is 24.2 Å². The molecule has 2 heterocycles. The largest absolute Gasteiger partial charge is 0.497 e. The van der Waals surface area contributed by atoms with Crippen molar-refractivity contribution in [2.75, 3.05) is 25.5 Å². The first-order chi connectivity index (χ1) is 13.9. The van der Waals surface area contributed by atoms with Gasteiger partial charge in [0.1, 0.15) is 11.6 Å². The van der Waals surface area contributed by atoms with E-state index in [1.165, 1.54) is 0 Å². The van der Waals surface area contributed by atoms with Crippen LogP contribution >= 0.6 is 0 Å². The third-order valence-electron chi connectivity index (χ3n) is 4.49. The van der Waals surface area contributed by atoms with Crippen LogP contribution in [0.1, 0.15) is 38.1 Å². The van der Waals surface area contributed by atoms with Gasteiger partial charge in [-0.05, 0) is 52.2 Å². The van der Waals surface area contributed by atoms with E-state index < -0.39 is 0 Å². The number of aromatic nitrogens is 4. The summed E-state index contributed by atoms with van der Waals surface area (Å²) in [7, 11) is 1.65. The van der Waals surface area contributed by atoms with Crippen LogP contribution in [-0.2, 0) is 4.74 Å². The second-order valence-corrected chi connectivity index (χ2v) is 7.19. The van der Waals surface area contributed by atoms with E-state index in [1.54, 1.807) is 7.11 Å². The molecule has 0 atom stereocenters. The van der Waals surface area contributed by atoms with Gasteiger partial charge in [-0.3, -0.25) is 4.40 Å². The minimum Gasteiger partial charge on any atom is -0.497 e. The molecule has 29 heavy (non-hydrogen) atoms. The number of methoxy groups -OCH3 is 1. The number of aryl methyl sites for hydroxylation is 2. The van der Waals surface area contributed by atoms with Crippen molar-refractivity contribution in [2.45, 2.75) is 46.6 Å². The second kappa shape index (κ2) is 8.93. The molecular weight excluding hydrogens is 372 g/mol. The van der Waals surface area contributed by atoms with Crippen LogP contribution in [-0.4, -0.2) is 52.0 Å². The summed E-state index contributed by atoms with van der Waals surface area (Å²) in [5.41, 5.74) is 3.53. The zero-order valence-electron chi connectivity index (χ0n) is 17.6. The third kappa shape index (κ3) is 4.67. The van der Waals surface area contributed by atoms with Gasteiger partial charge in [0.15, 0.2) is 5.82 Å². The predicted octanol–water partition coefficient (Wildman–Crippen LogP) is 3.23. The van der Waals surface area contributed by atoms with Gasteiger partial charge in [-0.2, -0.15) is 0 Å². The van der Waals surface area contributed by atoms with Crippen molar-refractivity contribution in [1.82, 2.24) is 24.9 Å². The molecule has 0 aliphatic heterocycles. The number of hydrogen-bond donors (Lipinski definition) is 2. The van der Waals surface area contributed by atoms with E-state index in [9.17, 15) is 4.79 Å². The van der Waals surface area contributed by atoms with E-state index in [4.69, 9.17) is 14.5 Å². The molecule has 0 saturated carbocycles. The molecule has 0 saturated heterocycles. The number of anilines is 1. The first-order valence-electron chi connectivity index (χ1n) is 9.79. The number of carbonyl (C=O) groups excluding carboxylic acids is 1. The molecule has 0 bridgehead atoms. The van der Waals surface area contributed by atoms with Crippen molar-refractivity contribution in [2.24, 2.45) is 0 Å². The van der Waals surface area contributed by atoms with Gasteiger partial charge in [0, 0.05) is 19.2 Å². The number of nitrogens with one attached hydrogen (secondary N) is 2. The Morgan fingerprint density at radius 2 is 1.93 bits per heavy atom. The van der Waals surface area contributed by atoms with E-state index in [0.717, 1.165) is 41.0 Å². The van der Waals surface area contributed by atoms with Crippen LogP contribution in [0.4, 0.5) is 10.6 Å². The minimum atomic E-state index is -0.380. The van der Waals surface area contributed by atoms with Crippen LogP contribution in [0.2, 0.25) is 0 Å². The molecular formula is C20H28N6O3. The Morgan fingerprint density at radius 3 is 2.66 bits per heavy atom. The van der Waals surface area contributed by atoms with Crippen LogP contribution < -0.4 is 15.4 Å². The Hall–Kier alpha value is -3.10. The molecule has 156 valence electrons. The first-order valence-corrected chi connectivity index (χ1v) is 9.79. The summed E-state index contributed by atoms with van der Waals surface area (Å²) in [6.07, 6.45) is 1.18. The van der Waals surface area contributed by atoms with Crippen molar-refractivity contribution in [3.05, 3.63) is 23.5 Å². The minimum absolute atomic E-state index is 0.119. The normalized spacial score (nSPS) is 11.2. The van der Waals surface area contributed by atoms with Gasteiger partial charge in [-0.25, -0.2) is 9.78 Å². The summed E-state index contributed by atoms with van der Waals surface area (Å²) in [6, 6.07) is 3.89. The molecule has 2 aromatic heterocycles. The lowest BCUT2D eigenvalue weighted by Gasteiger charge is -2.13. The van der Waals surface area contributed by atoms with Crippen molar-refractivity contribution < 1.29 is 14.3 Å². The second-order valence-electron chi connectivity index (χ2n) is 7.19. The Kier molecular flexibility index (Phi) is 6.36. The van der Waals surface area contributed by atoms with Crippen LogP contribution in [0.15, 0.2) is 12.1 Å². The average Bonchev–Trinajstić information content (AvgIpc) is 3.05. The number of carbonyl (C=O) groups is 1. The van der Waals surface area contributed by atoms with E-state index in [2.05, 4.69) is 20.8 Å². The SMILES string of the molecule is COc1cc(C)c2c(c1)nc(NCCCCNC(=O)OC(C)C)c1nnc(C)n12. The van der Waals surface area contributed by atoms with E-state index in [-0.39, 0.29) is 12.2 Å². The Balaban J connectivity index is 1.70. The summed E-state index contributed by atoms with van der Waals surface area (Å²) in [5, 5.41) is 14.6. The zero-order chi connectivity index (χ0) is 21.0. The lowest BCUT2D eigenvalue weighted by molar-refractivity contribution is 0.115. The van der Waals surface area contributed by atoms with Gasteiger partial charge < -0.3 is 20.1 Å². The number of alkyl carbamates (subject to hydrolysis) is 1. The molecule has 0 fully saturated rings. The number of rotatable bonds is 8. The lowest BCUT2D eigenvalue weighted by Crippen LogP contribution is -2.27. The number of unbranched alkanes of at least 4 members (excludes halogenated alkanes) is 1. The molecule has 0 radical (unpaired) electrons. The van der Waals surface area contributed by atoms with Crippen LogP contribution in [0, 0.1) is 13.8 Å². The highest BCUT2D eigenvalue weighted by atomic mass is 16.6. The highest BCUT2D eigenvalue weighted by Crippen LogP contribution is 2.28. The van der Waals surface area contributed by atoms with E-state index in [1.807, 2.05) is 44.2 Å². The topological polar surface area (TPSA) is 103 Å². The molecule has 3 aromatic rings. The summed E-state index contributed by atoms with van der Waals surface area (Å²) in [4.78, 5) is 16.2. The summed E-state index contributed by atoms with van der Waals surface area (Å²) >= 11 is 0. The maximum atomic E-state index is 11.5. The maximum absolute atomic E-state index is 11.5.